The van der Waals surface area contributed by atoms with Crippen LogP contribution < -0.4 is 5.32 Å². The molecule has 0 radical (unpaired) electrons. The van der Waals surface area contributed by atoms with E-state index in [9.17, 15) is 9.90 Å². The van der Waals surface area contributed by atoms with Gasteiger partial charge in [-0.15, -0.1) is 0 Å². The number of aliphatic hydroxyl groups excluding tert-OH is 1. The van der Waals surface area contributed by atoms with Crippen molar-refractivity contribution in [3.8, 4) is 0 Å². The fourth-order valence-electron chi connectivity index (χ4n) is 1.74. The van der Waals surface area contributed by atoms with Crippen LogP contribution in [0.15, 0.2) is 0 Å². The summed E-state index contributed by atoms with van der Waals surface area (Å²) in [4.78, 5) is 11.5. The molecule has 1 aliphatic carbocycles. The van der Waals surface area contributed by atoms with Crippen LogP contribution in [0.25, 0.3) is 0 Å². The standard InChI is InChI=1S/C10H17NO3/c12-9(7-1-2-7)5-11-10(13)8-3-4-14-6-8/h7-9,12H,1-6H2,(H,11,13). The third-order valence-corrected chi connectivity index (χ3v) is 2.95. The summed E-state index contributed by atoms with van der Waals surface area (Å²) in [7, 11) is 0. The number of carbonyl (C=O) groups excluding carboxylic acids is 1. The highest BCUT2D eigenvalue weighted by atomic mass is 16.5. The lowest BCUT2D eigenvalue weighted by Crippen LogP contribution is -2.37. The molecule has 2 N–H and O–H groups in total. The molecule has 80 valence electrons. The molecule has 1 saturated carbocycles. The minimum absolute atomic E-state index is 0.00130. The molecule has 4 nitrogen and oxygen atoms in total. The van der Waals surface area contributed by atoms with Gasteiger partial charge in [0.25, 0.3) is 0 Å². The lowest BCUT2D eigenvalue weighted by atomic mass is 10.1. The predicted octanol–water partition coefficient (Wildman–Crippen LogP) is -0.0900. The molecule has 2 aliphatic rings. The fraction of sp³-hybridized carbons (Fsp3) is 0.900. The number of ether oxygens (including phenoxy) is 1. The van der Waals surface area contributed by atoms with Gasteiger partial charge in [-0.25, -0.2) is 0 Å². The first-order chi connectivity index (χ1) is 6.77. The first kappa shape index (κ1) is 9.93. The normalized spacial score (nSPS) is 28.8. The lowest BCUT2D eigenvalue weighted by molar-refractivity contribution is -0.125. The van der Waals surface area contributed by atoms with Gasteiger partial charge in [0.15, 0.2) is 0 Å². The summed E-state index contributed by atoms with van der Waals surface area (Å²) in [5, 5.41) is 12.3. The van der Waals surface area contributed by atoms with Gasteiger partial charge in [0.05, 0.1) is 18.6 Å². The Hall–Kier alpha value is -0.610. The molecule has 0 bridgehead atoms. The van der Waals surface area contributed by atoms with Crippen LogP contribution in [-0.4, -0.2) is 36.9 Å². The maximum atomic E-state index is 11.5. The van der Waals surface area contributed by atoms with Gasteiger partial charge in [0.2, 0.25) is 5.91 Å². The van der Waals surface area contributed by atoms with Crippen molar-refractivity contribution < 1.29 is 14.6 Å². The maximum absolute atomic E-state index is 11.5. The molecule has 2 rings (SSSR count). The molecule has 0 aromatic heterocycles. The molecule has 0 aromatic carbocycles. The van der Waals surface area contributed by atoms with Crippen LogP contribution in [0.4, 0.5) is 0 Å². The van der Waals surface area contributed by atoms with E-state index in [4.69, 9.17) is 4.74 Å². The van der Waals surface area contributed by atoms with Crippen molar-refractivity contribution in [1.29, 1.82) is 0 Å². The van der Waals surface area contributed by atoms with Gasteiger partial charge in [0.1, 0.15) is 0 Å². The molecular formula is C10H17NO3. The number of aliphatic hydroxyl groups is 1. The Morgan fingerprint density at radius 1 is 1.50 bits per heavy atom. The number of nitrogens with one attached hydrogen (secondary N) is 1. The van der Waals surface area contributed by atoms with E-state index in [0.29, 0.717) is 25.7 Å². The number of carbonyl (C=O) groups is 1. The minimum atomic E-state index is -0.346. The van der Waals surface area contributed by atoms with E-state index in [-0.39, 0.29) is 17.9 Å². The first-order valence-electron chi connectivity index (χ1n) is 5.31. The quantitative estimate of drug-likeness (QED) is 0.665. The number of hydrogen-bond donors (Lipinski definition) is 2. The van der Waals surface area contributed by atoms with Crippen molar-refractivity contribution in [1.82, 2.24) is 5.32 Å². The van der Waals surface area contributed by atoms with Crippen molar-refractivity contribution >= 4 is 5.91 Å². The Balaban J connectivity index is 1.66. The van der Waals surface area contributed by atoms with E-state index in [1.807, 2.05) is 0 Å². The topological polar surface area (TPSA) is 58.6 Å². The summed E-state index contributed by atoms with van der Waals surface area (Å²) in [5.74, 6) is 0.457. The van der Waals surface area contributed by atoms with E-state index in [1.165, 1.54) is 0 Å². The molecule has 4 heteroatoms. The molecule has 0 aromatic rings. The number of amides is 1. The first-order valence-corrected chi connectivity index (χ1v) is 5.31. The summed E-state index contributed by atoms with van der Waals surface area (Å²) < 4.78 is 5.12. The highest BCUT2D eigenvalue weighted by Gasteiger charge is 2.30. The van der Waals surface area contributed by atoms with E-state index in [1.54, 1.807) is 0 Å². The van der Waals surface area contributed by atoms with Gasteiger partial charge in [-0.05, 0) is 25.2 Å². The minimum Gasteiger partial charge on any atom is -0.391 e. The Kier molecular flexibility index (Phi) is 3.03. The van der Waals surface area contributed by atoms with Crippen molar-refractivity contribution in [2.75, 3.05) is 19.8 Å². The largest absolute Gasteiger partial charge is 0.391 e. The number of rotatable bonds is 4. The van der Waals surface area contributed by atoms with Crippen molar-refractivity contribution in [2.45, 2.75) is 25.4 Å². The van der Waals surface area contributed by atoms with Gasteiger partial charge in [-0.1, -0.05) is 0 Å². The second kappa shape index (κ2) is 4.28. The van der Waals surface area contributed by atoms with E-state index in [2.05, 4.69) is 5.32 Å². The third kappa shape index (κ3) is 2.45. The smallest absolute Gasteiger partial charge is 0.225 e. The molecule has 1 amide bonds. The van der Waals surface area contributed by atoms with Gasteiger partial charge >= 0.3 is 0 Å². The maximum Gasteiger partial charge on any atom is 0.225 e. The highest BCUT2D eigenvalue weighted by Crippen LogP contribution is 2.32. The van der Waals surface area contributed by atoms with Crippen LogP contribution in [0.2, 0.25) is 0 Å². The average Bonchev–Trinajstić information content (AvgIpc) is 2.90. The summed E-state index contributed by atoms with van der Waals surface area (Å²) in [6.07, 6.45) is 2.67. The zero-order valence-electron chi connectivity index (χ0n) is 8.24. The zero-order valence-corrected chi connectivity index (χ0v) is 8.24. The molecule has 14 heavy (non-hydrogen) atoms. The predicted molar refractivity (Wildman–Crippen MR) is 50.7 cm³/mol. The third-order valence-electron chi connectivity index (χ3n) is 2.95. The van der Waals surface area contributed by atoms with Crippen LogP contribution >= 0.6 is 0 Å². The average molecular weight is 199 g/mol. The van der Waals surface area contributed by atoms with Crippen LogP contribution in [-0.2, 0) is 9.53 Å². The molecule has 0 spiro atoms. The molecule has 2 atom stereocenters. The Bertz CT molecular complexity index is 209. The van der Waals surface area contributed by atoms with Crippen LogP contribution in [0, 0.1) is 11.8 Å². The highest BCUT2D eigenvalue weighted by molar-refractivity contribution is 5.79. The van der Waals surface area contributed by atoms with Gasteiger partial charge in [0, 0.05) is 13.2 Å². The summed E-state index contributed by atoms with van der Waals surface area (Å²) >= 11 is 0. The Morgan fingerprint density at radius 3 is 2.86 bits per heavy atom. The Labute approximate surface area is 83.6 Å². The molecule has 2 unspecified atom stereocenters. The molecular weight excluding hydrogens is 182 g/mol. The van der Waals surface area contributed by atoms with Crippen molar-refractivity contribution in [2.24, 2.45) is 11.8 Å². The molecule has 1 saturated heterocycles. The lowest BCUT2D eigenvalue weighted by Gasteiger charge is -2.12. The Morgan fingerprint density at radius 2 is 2.29 bits per heavy atom. The second-order valence-corrected chi connectivity index (χ2v) is 4.21. The van der Waals surface area contributed by atoms with Crippen molar-refractivity contribution in [3.05, 3.63) is 0 Å². The summed E-state index contributed by atoms with van der Waals surface area (Å²) in [6.45, 7) is 1.62. The molecule has 1 heterocycles. The summed E-state index contributed by atoms with van der Waals surface area (Å²) in [6, 6.07) is 0. The zero-order chi connectivity index (χ0) is 9.97. The fourth-order valence-corrected chi connectivity index (χ4v) is 1.74. The van der Waals surface area contributed by atoms with E-state index < -0.39 is 0 Å². The summed E-state index contributed by atoms with van der Waals surface area (Å²) in [5.41, 5.74) is 0. The number of hydrogen-bond acceptors (Lipinski definition) is 3. The van der Waals surface area contributed by atoms with E-state index >= 15 is 0 Å². The second-order valence-electron chi connectivity index (χ2n) is 4.21. The van der Waals surface area contributed by atoms with E-state index in [0.717, 1.165) is 19.3 Å². The van der Waals surface area contributed by atoms with Crippen molar-refractivity contribution in [3.63, 3.8) is 0 Å². The molecule has 2 fully saturated rings. The van der Waals surface area contributed by atoms with Crippen LogP contribution in [0.3, 0.4) is 0 Å². The van der Waals surface area contributed by atoms with Gasteiger partial charge < -0.3 is 15.2 Å². The van der Waals surface area contributed by atoms with Gasteiger partial charge in [-0.3, -0.25) is 4.79 Å². The van der Waals surface area contributed by atoms with Crippen LogP contribution in [0.5, 0.6) is 0 Å². The monoisotopic (exact) mass is 199 g/mol. The van der Waals surface area contributed by atoms with Gasteiger partial charge in [-0.2, -0.15) is 0 Å². The van der Waals surface area contributed by atoms with Crippen LogP contribution in [0.1, 0.15) is 19.3 Å². The molecule has 1 aliphatic heterocycles. The SMILES string of the molecule is O=C(NCC(O)C1CC1)C1CCOC1.